The number of fused-ring (bicyclic) bond motifs is 3. The third-order valence-electron chi connectivity index (χ3n) is 5.98. The molecule has 4 aromatic rings. The predicted octanol–water partition coefficient (Wildman–Crippen LogP) is 4.62. The standard InChI is InChI=1S/C26H25N5O2/c1-16-13-17(2)29-25-23(16)30(3)26(32)20-14-18(15-28-24(20)31(25)4)10-12-33-22-9-11-27-21-8-6-5-7-19(21)22/h5-9,11,13-15H,10,12H2,1-4H3. The second-order valence-corrected chi connectivity index (χ2v) is 8.32. The first-order valence-electron chi connectivity index (χ1n) is 10.9. The molecule has 1 amide bonds. The number of hydrogen-bond donors (Lipinski definition) is 0. The lowest BCUT2D eigenvalue weighted by atomic mass is 10.1. The monoisotopic (exact) mass is 439 g/mol. The van der Waals surface area contributed by atoms with Gasteiger partial charge in [0.1, 0.15) is 11.6 Å². The summed E-state index contributed by atoms with van der Waals surface area (Å²) in [5, 5.41) is 0.981. The minimum absolute atomic E-state index is 0.0975. The van der Waals surface area contributed by atoms with Gasteiger partial charge in [-0.05, 0) is 55.3 Å². The van der Waals surface area contributed by atoms with E-state index in [1.807, 2.05) is 74.5 Å². The zero-order chi connectivity index (χ0) is 23.1. The van der Waals surface area contributed by atoms with Crippen molar-refractivity contribution in [2.45, 2.75) is 20.3 Å². The highest BCUT2D eigenvalue weighted by Gasteiger charge is 2.31. The van der Waals surface area contributed by atoms with E-state index in [0.717, 1.165) is 45.0 Å². The van der Waals surface area contributed by atoms with E-state index in [1.165, 1.54) is 0 Å². The maximum Gasteiger partial charge on any atom is 0.261 e. The van der Waals surface area contributed by atoms with Crippen LogP contribution in [0.25, 0.3) is 10.9 Å². The highest BCUT2D eigenvalue weighted by Crippen LogP contribution is 2.39. The SMILES string of the molecule is Cc1cc(C)c2c(n1)N(C)c1ncc(CCOc3ccnc4ccccc34)cc1C(=O)N2C. The van der Waals surface area contributed by atoms with Gasteiger partial charge in [0.25, 0.3) is 5.91 Å². The molecular formula is C26H25N5O2. The van der Waals surface area contributed by atoms with E-state index >= 15 is 0 Å². The molecule has 4 heterocycles. The van der Waals surface area contributed by atoms with Crippen LogP contribution in [0.5, 0.6) is 5.75 Å². The Labute approximate surface area is 192 Å². The van der Waals surface area contributed by atoms with Crippen molar-refractivity contribution in [1.82, 2.24) is 15.0 Å². The van der Waals surface area contributed by atoms with Crippen molar-refractivity contribution >= 4 is 34.1 Å². The lowest BCUT2D eigenvalue weighted by Gasteiger charge is -2.22. The lowest BCUT2D eigenvalue weighted by Crippen LogP contribution is -2.26. The van der Waals surface area contributed by atoms with Gasteiger partial charge in [-0.15, -0.1) is 0 Å². The van der Waals surface area contributed by atoms with Gasteiger partial charge in [0.15, 0.2) is 5.82 Å². The summed E-state index contributed by atoms with van der Waals surface area (Å²) >= 11 is 0. The minimum atomic E-state index is -0.0975. The Morgan fingerprint density at radius 1 is 0.970 bits per heavy atom. The predicted molar refractivity (Wildman–Crippen MR) is 130 cm³/mol. The van der Waals surface area contributed by atoms with E-state index in [4.69, 9.17) is 9.72 Å². The fraction of sp³-hybridized carbons (Fsp3) is 0.231. The van der Waals surface area contributed by atoms with Crippen LogP contribution in [0.4, 0.5) is 17.3 Å². The Bertz CT molecular complexity index is 1380. The molecule has 33 heavy (non-hydrogen) atoms. The summed E-state index contributed by atoms with van der Waals surface area (Å²) in [7, 11) is 3.69. The topological polar surface area (TPSA) is 71.5 Å². The molecule has 7 heteroatoms. The summed E-state index contributed by atoms with van der Waals surface area (Å²) in [4.78, 5) is 30.7. The number of para-hydroxylation sites is 1. The molecule has 1 aromatic carbocycles. The Balaban J connectivity index is 1.41. The molecule has 3 aromatic heterocycles. The van der Waals surface area contributed by atoms with E-state index in [0.29, 0.717) is 24.4 Å². The Hall–Kier alpha value is -4.00. The average Bonchev–Trinajstić information content (AvgIpc) is 2.89. The van der Waals surface area contributed by atoms with Gasteiger partial charge in [-0.2, -0.15) is 0 Å². The molecule has 1 aliphatic heterocycles. The van der Waals surface area contributed by atoms with Gasteiger partial charge < -0.3 is 14.5 Å². The molecule has 0 spiro atoms. The summed E-state index contributed by atoms with van der Waals surface area (Å²) in [6, 6.07) is 13.7. The van der Waals surface area contributed by atoms with Gasteiger partial charge in [0.2, 0.25) is 0 Å². The smallest absolute Gasteiger partial charge is 0.261 e. The number of carbonyl (C=O) groups excluding carboxylic acids is 1. The number of aromatic nitrogens is 3. The number of rotatable bonds is 4. The summed E-state index contributed by atoms with van der Waals surface area (Å²) in [6.45, 7) is 4.42. The van der Waals surface area contributed by atoms with Crippen molar-refractivity contribution < 1.29 is 9.53 Å². The van der Waals surface area contributed by atoms with Gasteiger partial charge in [0, 0.05) is 44.0 Å². The normalized spacial score (nSPS) is 13.0. The zero-order valence-electron chi connectivity index (χ0n) is 19.2. The molecule has 1 aliphatic rings. The zero-order valence-corrected chi connectivity index (χ0v) is 19.2. The van der Waals surface area contributed by atoms with Crippen LogP contribution in [-0.2, 0) is 6.42 Å². The van der Waals surface area contributed by atoms with Gasteiger partial charge in [0.05, 0.1) is 23.4 Å². The van der Waals surface area contributed by atoms with Crippen LogP contribution in [0, 0.1) is 13.8 Å². The quantitative estimate of drug-likeness (QED) is 0.462. The summed E-state index contributed by atoms with van der Waals surface area (Å²) in [5.41, 5.74) is 5.11. The third kappa shape index (κ3) is 3.65. The van der Waals surface area contributed by atoms with E-state index in [1.54, 1.807) is 18.1 Å². The van der Waals surface area contributed by atoms with Crippen LogP contribution in [0.3, 0.4) is 0 Å². The van der Waals surface area contributed by atoms with E-state index in [2.05, 4.69) is 9.97 Å². The summed E-state index contributed by atoms with van der Waals surface area (Å²) < 4.78 is 6.06. The molecule has 166 valence electrons. The molecule has 0 saturated heterocycles. The molecule has 0 radical (unpaired) electrons. The summed E-state index contributed by atoms with van der Waals surface area (Å²) in [5.74, 6) is 2.04. The first kappa shape index (κ1) is 20.9. The number of nitrogens with zero attached hydrogens (tertiary/aromatic N) is 5. The van der Waals surface area contributed by atoms with Crippen molar-refractivity contribution in [2.24, 2.45) is 0 Å². The number of benzene rings is 1. The van der Waals surface area contributed by atoms with Crippen LogP contribution in [0.1, 0.15) is 27.2 Å². The van der Waals surface area contributed by atoms with Gasteiger partial charge >= 0.3 is 0 Å². The molecule has 0 N–H and O–H groups in total. The largest absolute Gasteiger partial charge is 0.492 e. The molecule has 0 fully saturated rings. The van der Waals surface area contributed by atoms with E-state index in [9.17, 15) is 4.79 Å². The molecule has 0 saturated carbocycles. The van der Waals surface area contributed by atoms with Crippen LogP contribution >= 0.6 is 0 Å². The number of amides is 1. The Morgan fingerprint density at radius 3 is 2.64 bits per heavy atom. The van der Waals surface area contributed by atoms with Crippen molar-refractivity contribution in [3.8, 4) is 5.75 Å². The van der Waals surface area contributed by atoms with E-state index in [-0.39, 0.29) is 5.91 Å². The van der Waals surface area contributed by atoms with Gasteiger partial charge in [-0.25, -0.2) is 9.97 Å². The number of carbonyl (C=O) groups is 1. The second-order valence-electron chi connectivity index (χ2n) is 8.32. The van der Waals surface area contributed by atoms with E-state index < -0.39 is 0 Å². The molecule has 0 unspecified atom stereocenters. The van der Waals surface area contributed by atoms with Crippen molar-refractivity contribution in [1.29, 1.82) is 0 Å². The highest BCUT2D eigenvalue weighted by molar-refractivity contribution is 6.13. The molecular weight excluding hydrogens is 414 g/mol. The van der Waals surface area contributed by atoms with Crippen molar-refractivity contribution in [2.75, 3.05) is 30.5 Å². The highest BCUT2D eigenvalue weighted by atomic mass is 16.5. The van der Waals surface area contributed by atoms with Gasteiger partial charge in [-0.3, -0.25) is 9.78 Å². The summed E-state index contributed by atoms with van der Waals surface area (Å²) in [6.07, 6.45) is 4.19. The molecule has 0 bridgehead atoms. The maximum atomic E-state index is 13.4. The Kier molecular flexibility index (Phi) is 5.17. The van der Waals surface area contributed by atoms with Crippen LogP contribution in [0.15, 0.2) is 54.9 Å². The van der Waals surface area contributed by atoms with Crippen molar-refractivity contribution in [3.63, 3.8) is 0 Å². The fourth-order valence-corrected chi connectivity index (χ4v) is 4.38. The number of aryl methyl sites for hydroxylation is 2. The first-order valence-corrected chi connectivity index (χ1v) is 10.9. The molecule has 5 rings (SSSR count). The maximum absolute atomic E-state index is 13.4. The number of pyridine rings is 3. The molecule has 0 atom stereocenters. The number of anilines is 3. The van der Waals surface area contributed by atoms with Gasteiger partial charge in [-0.1, -0.05) is 12.1 Å². The number of ether oxygens (including phenoxy) is 1. The lowest BCUT2D eigenvalue weighted by molar-refractivity contribution is 0.0993. The first-order chi connectivity index (χ1) is 15.9. The average molecular weight is 440 g/mol. The second kappa shape index (κ2) is 8.16. The minimum Gasteiger partial charge on any atom is -0.492 e. The fourth-order valence-electron chi connectivity index (χ4n) is 4.38. The van der Waals surface area contributed by atoms with Crippen LogP contribution in [-0.4, -0.2) is 41.6 Å². The van der Waals surface area contributed by atoms with Crippen LogP contribution in [0.2, 0.25) is 0 Å². The number of hydrogen-bond acceptors (Lipinski definition) is 6. The molecule has 7 nitrogen and oxygen atoms in total. The van der Waals surface area contributed by atoms with Crippen LogP contribution < -0.4 is 14.5 Å². The van der Waals surface area contributed by atoms with Crippen molar-refractivity contribution in [3.05, 3.63) is 77.2 Å². The Morgan fingerprint density at radius 2 is 1.79 bits per heavy atom. The third-order valence-corrected chi connectivity index (χ3v) is 5.98. The molecule has 0 aliphatic carbocycles.